The number of nitrogens with one attached hydrogen (secondary N) is 1. The summed E-state index contributed by atoms with van der Waals surface area (Å²) < 4.78 is 10.9. The van der Waals surface area contributed by atoms with Crippen LogP contribution in [0.5, 0.6) is 11.5 Å². The van der Waals surface area contributed by atoms with Crippen LogP contribution in [0, 0.1) is 0 Å². The monoisotopic (exact) mass is 264 g/mol. The first-order valence-corrected chi connectivity index (χ1v) is 6.48. The van der Waals surface area contributed by atoms with Crippen LogP contribution in [-0.2, 0) is 4.79 Å². The van der Waals surface area contributed by atoms with Gasteiger partial charge < -0.3 is 20.5 Å². The molecular weight excluding hydrogens is 244 g/mol. The Morgan fingerprint density at radius 1 is 1.58 bits per heavy atom. The van der Waals surface area contributed by atoms with Gasteiger partial charge in [-0.1, -0.05) is 0 Å². The number of ether oxygens (including phenoxy) is 2. The Morgan fingerprint density at radius 3 is 3.05 bits per heavy atom. The maximum absolute atomic E-state index is 11.8. The summed E-state index contributed by atoms with van der Waals surface area (Å²) in [6.45, 7) is 2.33. The van der Waals surface area contributed by atoms with Gasteiger partial charge in [-0.25, -0.2) is 0 Å². The summed E-state index contributed by atoms with van der Waals surface area (Å²) >= 11 is 0. The van der Waals surface area contributed by atoms with Gasteiger partial charge in [0.2, 0.25) is 5.91 Å². The molecule has 0 fully saturated rings. The van der Waals surface area contributed by atoms with Crippen LogP contribution in [0.1, 0.15) is 31.4 Å². The van der Waals surface area contributed by atoms with E-state index in [1.165, 1.54) is 0 Å². The van der Waals surface area contributed by atoms with E-state index in [4.69, 9.17) is 15.2 Å². The highest BCUT2D eigenvalue weighted by molar-refractivity contribution is 5.81. The fourth-order valence-electron chi connectivity index (χ4n) is 2.14. The molecule has 3 N–H and O–H groups in total. The third-order valence-electron chi connectivity index (χ3n) is 3.22. The van der Waals surface area contributed by atoms with Crippen LogP contribution < -0.4 is 20.5 Å². The van der Waals surface area contributed by atoms with Crippen LogP contribution in [0.25, 0.3) is 0 Å². The van der Waals surface area contributed by atoms with E-state index in [1.807, 2.05) is 18.2 Å². The lowest BCUT2D eigenvalue weighted by molar-refractivity contribution is -0.122. The van der Waals surface area contributed by atoms with Crippen molar-refractivity contribution in [3.8, 4) is 11.5 Å². The molecule has 2 unspecified atom stereocenters. The van der Waals surface area contributed by atoms with Gasteiger partial charge in [-0.15, -0.1) is 0 Å². The summed E-state index contributed by atoms with van der Waals surface area (Å²) in [4.78, 5) is 11.8. The molecule has 5 heteroatoms. The van der Waals surface area contributed by atoms with E-state index in [2.05, 4.69) is 5.32 Å². The molecule has 19 heavy (non-hydrogen) atoms. The Kier molecular flexibility index (Phi) is 4.27. The van der Waals surface area contributed by atoms with E-state index in [1.54, 1.807) is 14.0 Å². The molecule has 104 valence electrons. The Morgan fingerprint density at radius 2 is 2.37 bits per heavy atom. The lowest BCUT2D eigenvalue weighted by atomic mass is 10.0. The highest BCUT2D eigenvalue weighted by atomic mass is 16.5. The number of carbonyl (C=O) groups is 1. The van der Waals surface area contributed by atoms with Crippen LogP contribution in [-0.4, -0.2) is 25.7 Å². The van der Waals surface area contributed by atoms with Crippen LogP contribution in [0.15, 0.2) is 18.2 Å². The van der Waals surface area contributed by atoms with Crippen molar-refractivity contribution in [3.05, 3.63) is 23.8 Å². The van der Waals surface area contributed by atoms with Crippen LogP contribution in [0.3, 0.4) is 0 Å². The summed E-state index contributed by atoms with van der Waals surface area (Å²) in [5.41, 5.74) is 6.55. The molecule has 1 aliphatic heterocycles. The quantitative estimate of drug-likeness (QED) is 0.865. The Bertz CT molecular complexity index is 460. The van der Waals surface area contributed by atoms with Gasteiger partial charge in [0, 0.05) is 5.56 Å². The van der Waals surface area contributed by atoms with Crippen molar-refractivity contribution in [1.29, 1.82) is 0 Å². The van der Waals surface area contributed by atoms with Crippen molar-refractivity contribution in [3.63, 3.8) is 0 Å². The summed E-state index contributed by atoms with van der Waals surface area (Å²) in [6.07, 6.45) is 1.72. The van der Waals surface area contributed by atoms with E-state index in [0.29, 0.717) is 6.61 Å². The van der Waals surface area contributed by atoms with Gasteiger partial charge in [0.15, 0.2) is 0 Å². The molecule has 0 spiro atoms. The zero-order chi connectivity index (χ0) is 13.8. The normalized spacial score (nSPS) is 19.6. The summed E-state index contributed by atoms with van der Waals surface area (Å²) in [6, 6.07) is 5.05. The average Bonchev–Trinajstić information content (AvgIpc) is 2.60. The average molecular weight is 264 g/mol. The molecule has 1 aromatic rings. The molecule has 1 aliphatic rings. The third kappa shape index (κ3) is 3.17. The summed E-state index contributed by atoms with van der Waals surface area (Å²) in [5.74, 6) is 1.40. The highest BCUT2D eigenvalue weighted by Crippen LogP contribution is 2.34. The predicted molar refractivity (Wildman–Crippen MR) is 72.3 cm³/mol. The topological polar surface area (TPSA) is 73.6 Å². The molecule has 0 saturated carbocycles. The molecule has 5 nitrogen and oxygen atoms in total. The highest BCUT2D eigenvalue weighted by Gasteiger charge is 2.23. The number of amides is 1. The SMILES string of the molecule is COc1ccc2c(c1)C(NC(=O)C(C)N)CCCO2. The Labute approximate surface area is 113 Å². The lowest BCUT2D eigenvalue weighted by Crippen LogP contribution is -2.40. The number of hydrogen-bond acceptors (Lipinski definition) is 4. The van der Waals surface area contributed by atoms with E-state index in [-0.39, 0.29) is 11.9 Å². The Hall–Kier alpha value is -1.75. The molecule has 2 rings (SSSR count). The minimum Gasteiger partial charge on any atom is -0.497 e. The summed E-state index contributed by atoms with van der Waals surface area (Å²) in [5, 5.41) is 2.97. The van der Waals surface area contributed by atoms with E-state index >= 15 is 0 Å². The van der Waals surface area contributed by atoms with Crippen molar-refractivity contribution in [2.24, 2.45) is 5.73 Å². The van der Waals surface area contributed by atoms with Gasteiger partial charge >= 0.3 is 0 Å². The van der Waals surface area contributed by atoms with Crippen molar-refractivity contribution in [2.75, 3.05) is 13.7 Å². The van der Waals surface area contributed by atoms with Gasteiger partial charge in [0.1, 0.15) is 11.5 Å². The summed E-state index contributed by atoms with van der Waals surface area (Å²) in [7, 11) is 1.62. The largest absolute Gasteiger partial charge is 0.497 e. The number of fused-ring (bicyclic) bond motifs is 1. The third-order valence-corrected chi connectivity index (χ3v) is 3.22. The first kappa shape index (κ1) is 13.7. The van der Waals surface area contributed by atoms with E-state index < -0.39 is 6.04 Å². The van der Waals surface area contributed by atoms with Crippen molar-refractivity contribution < 1.29 is 14.3 Å². The molecular formula is C14H20N2O3. The van der Waals surface area contributed by atoms with Gasteiger partial charge in [-0.3, -0.25) is 4.79 Å². The molecule has 1 amide bonds. The number of nitrogens with two attached hydrogens (primary N) is 1. The first-order valence-electron chi connectivity index (χ1n) is 6.48. The van der Waals surface area contributed by atoms with Gasteiger partial charge in [-0.2, -0.15) is 0 Å². The number of hydrogen-bond donors (Lipinski definition) is 2. The van der Waals surface area contributed by atoms with Gasteiger partial charge in [0.25, 0.3) is 0 Å². The van der Waals surface area contributed by atoms with Gasteiger partial charge in [0.05, 0.1) is 25.8 Å². The number of methoxy groups -OCH3 is 1. The van der Waals surface area contributed by atoms with Crippen molar-refractivity contribution in [1.82, 2.24) is 5.32 Å². The van der Waals surface area contributed by atoms with Crippen molar-refractivity contribution >= 4 is 5.91 Å². The lowest BCUT2D eigenvalue weighted by Gasteiger charge is -2.20. The molecule has 0 saturated heterocycles. The molecule has 0 radical (unpaired) electrons. The molecule has 2 atom stereocenters. The van der Waals surface area contributed by atoms with E-state index in [9.17, 15) is 4.79 Å². The Balaban J connectivity index is 2.27. The number of rotatable bonds is 3. The number of benzene rings is 1. The molecule has 1 heterocycles. The van der Waals surface area contributed by atoms with Crippen molar-refractivity contribution in [2.45, 2.75) is 31.8 Å². The molecule has 0 bridgehead atoms. The number of carbonyl (C=O) groups excluding carboxylic acids is 1. The fraction of sp³-hybridized carbons (Fsp3) is 0.500. The fourth-order valence-corrected chi connectivity index (χ4v) is 2.14. The predicted octanol–water partition coefficient (Wildman–Crippen LogP) is 1.37. The zero-order valence-corrected chi connectivity index (χ0v) is 11.3. The van der Waals surface area contributed by atoms with E-state index in [0.717, 1.165) is 29.9 Å². The molecule has 1 aromatic carbocycles. The van der Waals surface area contributed by atoms with Gasteiger partial charge in [-0.05, 0) is 38.0 Å². The zero-order valence-electron chi connectivity index (χ0n) is 11.3. The maximum Gasteiger partial charge on any atom is 0.237 e. The van der Waals surface area contributed by atoms with Crippen LogP contribution in [0.4, 0.5) is 0 Å². The molecule has 0 aromatic heterocycles. The first-order chi connectivity index (χ1) is 9.11. The smallest absolute Gasteiger partial charge is 0.237 e. The second-order valence-electron chi connectivity index (χ2n) is 4.74. The standard InChI is InChI=1S/C14H20N2O3/c1-9(15)14(17)16-12-4-3-7-19-13-6-5-10(18-2)8-11(12)13/h5-6,8-9,12H,3-4,7,15H2,1-2H3,(H,16,17). The second-order valence-corrected chi connectivity index (χ2v) is 4.74. The minimum absolute atomic E-state index is 0.0777. The second kappa shape index (κ2) is 5.93. The van der Waals surface area contributed by atoms with Crippen LogP contribution in [0.2, 0.25) is 0 Å². The minimum atomic E-state index is -0.516. The maximum atomic E-state index is 11.8. The molecule has 0 aliphatic carbocycles. The van der Waals surface area contributed by atoms with Crippen LogP contribution >= 0.6 is 0 Å².